The van der Waals surface area contributed by atoms with E-state index in [0.717, 1.165) is 4.88 Å². The normalized spacial score (nSPS) is 19.8. The topological polar surface area (TPSA) is 81.7 Å². The van der Waals surface area contributed by atoms with Crippen LogP contribution in [0.15, 0.2) is 11.0 Å². The Morgan fingerprint density at radius 3 is 2.75 bits per heavy atom. The highest BCUT2D eigenvalue weighted by Gasteiger charge is 2.24. The number of sulfonamides is 1. The second kappa shape index (κ2) is 6.21. The largest absolute Gasteiger partial charge is 0.376 e. The summed E-state index contributed by atoms with van der Waals surface area (Å²) in [5, 5.41) is 0. The molecular formula is C12H17NO5S2. The summed E-state index contributed by atoms with van der Waals surface area (Å²) in [6.45, 7) is 4.78. The molecule has 1 fully saturated rings. The van der Waals surface area contributed by atoms with Gasteiger partial charge in [-0.2, -0.15) is 0 Å². The van der Waals surface area contributed by atoms with Crippen LogP contribution in [0.5, 0.6) is 0 Å². The van der Waals surface area contributed by atoms with Gasteiger partial charge in [-0.1, -0.05) is 0 Å². The van der Waals surface area contributed by atoms with Gasteiger partial charge in [0.15, 0.2) is 0 Å². The van der Waals surface area contributed by atoms with Crippen molar-refractivity contribution in [2.24, 2.45) is 0 Å². The molecule has 1 aromatic heterocycles. The van der Waals surface area contributed by atoms with Crippen LogP contribution in [0, 0.1) is 13.8 Å². The van der Waals surface area contributed by atoms with Gasteiger partial charge >= 0.3 is 0 Å². The smallest absolute Gasteiger partial charge is 0.265 e. The molecule has 1 saturated heterocycles. The number of nitrogens with one attached hydrogen (secondary N) is 1. The van der Waals surface area contributed by atoms with Gasteiger partial charge in [0.25, 0.3) is 10.0 Å². The highest BCUT2D eigenvalue weighted by atomic mass is 32.2. The van der Waals surface area contributed by atoms with Crippen molar-refractivity contribution >= 4 is 27.3 Å². The van der Waals surface area contributed by atoms with Gasteiger partial charge < -0.3 is 9.47 Å². The van der Waals surface area contributed by atoms with Crippen LogP contribution in [0.1, 0.15) is 16.2 Å². The van der Waals surface area contributed by atoms with E-state index in [0.29, 0.717) is 24.7 Å². The number of hydrogen-bond acceptors (Lipinski definition) is 6. The molecule has 112 valence electrons. The Morgan fingerprint density at radius 1 is 1.45 bits per heavy atom. The van der Waals surface area contributed by atoms with E-state index >= 15 is 0 Å². The quantitative estimate of drug-likeness (QED) is 0.894. The molecule has 1 unspecified atom stereocenters. The second-order valence-electron chi connectivity index (χ2n) is 4.58. The van der Waals surface area contributed by atoms with Crippen LogP contribution < -0.4 is 4.72 Å². The predicted molar refractivity (Wildman–Crippen MR) is 74.3 cm³/mol. The minimum Gasteiger partial charge on any atom is -0.376 e. The van der Waals surface area contributed by atoms with Crippen molar-refractivity contribution in [3.63, 3.8) is 0 Å². The molecule has 0 spiro atoms. The lowest BCUT2D eigenvalue weighted by molar-refractivity contribution is -0.129. The Hall–Kier alpha value is -0.960. The van der Waals surface area contributed by atoms with Gasteiger partial charge in [0.05, 0.1) is 32.3 Å². The highest BCUT2D eigenvalue weighted by Crippen LogP contribution is 2.24. The van der Waals surface area contributed by atoms with Crippen molar-refractivity contribution < 1.29 is 22.7 Å². The first-order chi connectivity index (χ1) is 9.38. The average Bonchev–Trinajstić information content (AvgIpc) is 2.69. The molecule has 1 N–H and O–H groups in total. The molecule has 2 heterocycles. The van der Waals surface area contributed by atoms with Crippen LogP contribution in [0.3, 0.4) is 0 Å². The Labute approximate surface area is 122 Å². The summed E-state index contributed by atoms with van der Waals surface area (Å²) in [4.78, 5) is 13.5. The summed E-state index contributed by atoms with van der Waals surface area (Å²) in [7, 11) is -3.81. The van der Waals surface area contributed by atoms with E-state index in [9.17, 15) is 13.2 Å². The molecular weight excluding hydrogens is 302 g/mol. The van der Waals surface area contributed by atoms with E-state index in [-0.39, 0.29) is 17.4 Å². The third-order valence-corrected chi connectivity index (χ3v) is 5.43. The monoisotopic (exact) mass is 319 g/mol. The molecule has 0 saturated carbocycles. The number of hydrogen-bond donors (Lipinski definition) is 1. The third-order valence-electron chi connectivity index (χ3n) is 2.83. The van der Waals surface area contributed by atoms with Crippen LogP contribution in [0.4, 0.5) is 0 Å². The van der Waals surface area contributed by atoms with Crippen molar-refractivity contribution in [1.29, 1.82) is 0 Å². The van der Waals surface area contributed by atoms with E-state index in [1.54, 1.807) is 13.0 Å². The maximum absolute atomic E-state index is 12.1. The second-order valence-corrected chi connectivity index (χ2v) is 7.69. The van der Waals surface area contributed by atoms with Crippen molar-refractivity contribution in [3.05, 3.63) is 15.8 Å². The van der Waals surface area contributed by atoms with Crippen molar-refractivity contribution in [2.45, 2.75) is 31.3 Å². The first-order valence-corrected chi connectivity index (χ1v) is 8.50. The summed E-state index contributed by atoms with van der Waals surface area (Å²) in [5.74, 6) is -0.580. The van der Waals surface area contributed by atoms with Gasteiger partial charge in [-0.05, 0) is 19.9 Å². The number of rotatable bonds is 4. The molecule has 1 aliphatic heterocycles. The van der Waals surface area contributed by atoms with Crippen molar-refractivity contribution in [3.8, 4) is 0 Å². The molecule has 1 aliphatic rings. The molecule has 0 bridgehead atoms. The third kappa shape index (κ3) is 3.78. The van der Waals surface area contributed by atoms with Gasteiger partial charge in [0, 0.05) is 9.75 Å². The number of carbonyl (C=O) groups is 1. The summed E-state index contributed by atoms with van der Waals surface area (Å²) in [5.41, 5.74) is 0. The van der Waals surface area contributed by atoms with Crippen LogP contribution in [-0.2, 0) is 24.3 Å². The molecule has 20 heavy (non-hydrogen) atoms. The highest BCUT2D eigenvalue weighted by molar-refractivity contribution is 7.90. The van der Waals surface area contributed by atoms with Crippen molar-refractivity contribution in [2.75, 3.05) is 19.8 Å². The minimum absolute atomic E-state index is 0.0264. The lowest BCUT2D eigenvalue weighted by Gasteiger charge is -2.22. The SMILES string of the molecule is Cc1cc(S(=O)(=O)NC(=O)CC2COCCO2)c(C)s1. The van der Waals surface area contributed by atoms with Crippen LogP contribution in [0.25, 0.3) is 0 Å². The fourth-order valence-electron chi connectivity index (χ4n) is 1.98. The average molecular weight is 319 g/mol. The fraction of sp³-hybridized carbons (Fsp3) is 0.583. The van der Waals surface area contributed by atoms with Crippen molar-refractivity contribution in [1.82, 2.24) is 4.72 Å². The number of aryl methyl sites for hydroxylation is 2. The van der Waals surface area contributed by atoms with Gasteiger partial charge in [-0.3, -0.25) is 4.79 Å². The summed E-state index contributed by atoms with van der Waals surface area (Å²) >= 11 is 1.38. The number of thiophene rings is 1. The van der Waals surface area contributed by atoms with Gasteiger partial charge in [0.1, 0.15) is 4.90 Å². The molecule has 0 aliphatic carbocycles. The summed E-state index contributed by atoms with van der Waals surface area (Å²) in [6.07, 6.45) is -0.411. The van der Waals surface area contributed by atoms with E-state index < -0.39 is 15.9 Å². The van der Waals surface area contributed by atoms with Gasteiger partial charge in [0.2, 0.25) is 5.91 Å². The Balaban J connectivity index is 2.00. The molecule has 6 nitrogen and oxygen atoms in total. The maximum atomic E-state index is 12.1. The number of ether oxygens (including phenoxy) is 2. The van der Waals surface area contributed by atoms with E-state index in [1.165, 1.54) is 11.3 Å². The van der Waals surface area contributed by atoms with Gasteiger partial charge in [-0.25, -0.2) is 13.1 Å². The molecule has 2 rings (SSSR count). The first kappa shape index (κ1) is 15.4. The molecule has 1 atom stereocenters. The van der Waals surface area contributed by atoms with Gasteiger partial charge in [-0.15, -0.1) is 11.3 Å². The van der Waals surface area contributed by atoms with E-state index in [1.807, 2.05) is 6.92 Å². The van der Waals surface area contributed by atoms with Crippen LogP contribution >= 0.6 is 11.3 Å². The Bertz CT molecular complexity index is 587. The predicted octanol–water partition coefficient (Wildman–Crippen LogP) is 0.975. The Kier molecular flexibility index (Phi) is 4.79. The zero-order valence-corrected chi connectivity index (χ0v) is 13.0. The standard InChI is InChI=1S/C12H17NO5S2/c1-8-5-11(9(2)19-8)20(15,16)13-12(14)6-10-7-17-3-4-18-10/h5,10H,3-4,6-7H2,1-2H3,(H,13,14). The minimum atomic E-state index is -3.81. The van der Waals surface area contributed by atoms with Crippen LogP contribution in [-0.4, -0.2) is 40.2 Å². The Morgan fingerprint density at radius 2 is 2.20 bits per heavy atom. The fourth-order valence-corrected chi connectivity index (χ4v) is 4.53. The number of carbonyl (C=O) groups excluding carboxylic acids is 1. The molecule has 8 heteroatoms. The van der Waals surface area contributed by atoms with E-state index in [4.69, 9.17) is 9.47 Å². The van der Waals surface area contributed by atoms with E-state index in [2.05, 4.69) is 4.72 Å². The zero-order valence-electron chi connectivity index (χ0n) is 11.3. The summed E-state index contributed by atoms with van der Waals surface area (Å²) in [6, 6.07) is 1.57. The zero-order chi connectivity index (χ0) is 14.8. The lowest BCUT2D eigenvalue weighted by Crippen LogP contribution is -2.37. The molecule has 1 amide bonds. The summed E-state index contributed by atoms with van der Waals surface area (Å²) < 4.78 is 36.8. The lowest BCUT2D eigenvalue weighted by atomic mass is 10.2. The maximum Gasteiger partial charge on any atom is 0.265 e. The first-order valence-electron chi connectivity index (χ1n) is 6.20. The number of amides is 1. The van der Waals surface area contributed by atoms with Crippen LogP contribution in [0.2, 0.25) is 0 Å². The molecule has 0 aromatic carbocycles. The molecule has 1 aromatic rings. The molecule has 0 radical (unpaired) electrons.